The minimum atomic E-state index is -0.0557. The first kappa shape index (κ1) is 16.8. The lowest BCUT2D eigenvalue weighted by molar-refractivity contribution is 0.0675. The first-order valence-corrected chi connectivity index (χ1v) is 9.57. The van der Waals surface area contributed by atoms with Gasteiger partial charge in [-0.2, -0.15) is 0 Å². The van der Waals surface area contributed by atoms with Crippen LogP contribution < -0.4 is 0 Å². The maximum Gasteiger partial charge on any atom is 0.290 e. The van der Waals surface area contributed by atoms with E-state index in [-0.39, 0.29) is 11.8 Å². The van der Waals surface area contributed by atoms with Gasteiger partial charge in [0, 0.05) is 24.6 Å². The number of benzene rings is 2. The van der Waals surface area contributed by atoms with E-state index < -0.39 is 0 Å². The van der Waals surface area contributed by atoms with Crippen LogP contribution in [0, 0.1) is 0 Å². The molecule has 4 aromatic rings. The lowest BCUT2D eigenvalue weighted by atomic mass is 9.96. The summed E-state index contributed by atoms with van der Waals surface area (Å²) in [5, 5.41) is 0. The lowest BCUT2D eigenvalue weighted by Gasteiger charge is -2.30. The number of nitrogens with zero attached hydrogens (tertiary/aromatic N) is 2. The standard InChI is InChI=1S/C23H20N2O3/c26-23(21-18(12-15-27-21)16-6-2-1-3-7-16)25-13-10-17(11-14-25)22-24-19-8-4-5-9-20(19)28-22/h1-9,12,15,17H,10-11,13-14H2. The Bertz CT molecular complexity index is 1070. The van der Waals surface area contributed by atoms with E-state index in [2.05, 4.69) is 4.98 Å². The van der Waals surface area contributed by atoms with E-state index in [1.165, 1.54) is 0 Å². The number of amides is 1. The van der Waals surface area contributed by atoms with Crippen LogP contribution in [0.5, 0.6) is 0 Å². The highest BCUT2D eigenvalue weighted by molar-refractivity contribution is 5.98. The number of fused-ring (bicyclic) bond motifs is 1. The number of oxazole rings is 1. The van der Waals surface area contributed by atoms with Crippen LogP contribution in [0.15, 0.2) is 75.8 Å². The van der Waals surface area contributed by atoms with E-state index in [0.29, 0.717) is 18.8 Å². The van der Waals surface area contributed by atoms with Gasteiger partial charge >= 0.3 is 0 Å². The molecule has 140 valence electrons. The number of aromatic nitrogens is 1. The highest BCUT2D eigenvalue weighted by Crippen LogP contribution is 2.32. The van der Waals surface area contributed by atoms with Crippen LogP contribution in [-0.2, 0) is 0 Å². The van der Waals surface area contributed by atoms with Crippen molar-refractivity contribution < 1.29 is 13.6 Å². The van der Waals surface area contributed by atoms with Crippen LogP contribution in [0.25, 0.3) is 22.2 Å². The minimum Gasteiger partial charge on any atom is -0.459 e. The number of hydrogen-bond donors (Lipinski definition) is 0. The normalized spacial score (nSPS) is 15.2. The average Bonchev–Trinajstić information content (AvgIpc) is 3.41. The van der Waals surface area contributed by atoms with Gasteiger partial charge in [0.1, 0.15) is 5.52 Å². The molecule has 1 saturated heterocycles. The quantitative estimate of drug-likeness (QED) is 0.501. The van der Waals surface area contributed by atoms with Gasteiger partial charge in [0.25, 0.3) is 5.91 Å². The van der Waals surface area contributed by atoms with Crippen LogP contribution in [0.1, 0.15) is 35.2 Å². The molecule has 3 heterocycles. The molecule has 28 heavy (non-hydrogen) atoms. The molecule has 5 nitrogen and oxygen atoms in total. The molecule has 2 aromatic carbocycles. The molecule has 1 amide bonds. The summed E-state index contributed by atoms with van der Waals surface area (Å²) in [7, 11) is 0. The Morgan fingerprint density at radius 2 is 1.71 bits per heavy atom. The van der Waals surface area contributed by atoms with Crippen LogP contribution in [0.4, 0.5) is 0 Å². The highest BCUT2D eigenvalue weighted by atomic mass is 16.3. The molecule has 5 rings (SSSR count). The summed E-state index contributed by atoms with van der Waals surface area (Å²) < 4.78 is 11.5. The van der Waals surface area contributed by atoms with Gasteiger partial charge in [-0.3, -0.25) is 4.79 Å². The molecule has 0 atom stereocenters. The summed E-state index contributed by atoms with van der Waals surface area (Å²) in [5.74, 6) is 1.37. The summed E-state index contributed by atoms with van der Waals surface area (Å²) in [4.78, 5) is 19.5. The fraction of sp³-hybridized carbons (Fsp3) is 0.217. The number of para-hydroxylation sites is 2. The van der Waals surface area contributed by atoms with Crippen molar-refractivity contribution >= 4 is 17.0 Å². The zero-order valence-electron chi connectivity index (χ0n) is 15.4. The van der Waals surface area contributed by atoms with Crippen molar-refractivity contribution in [2.45, 2.75) is 18.8 Å². The van der Waals surface area contributed by atoms with Crippen molar-refractivity contribution in [1.82, 2.24) is 9.88 Å². The highest BCUT2D eigenvalue weighted by Gasteiger charge is 2.30. The predicted molar refractivity (Wildman–Crippen MR) is 106 cm³/mol. The second-order valence-electron chi connectivity index (χ2n) is 7.12. The van der Waals surface area contributed by atoms with Crippen LogP contribution in [0.3, 0.4) is 0 Å². The molecule has 0 bridgehead atoms. The first-order chi connectivity index (χ1) is 13.8. The smallest absolute Gasteiger partial charge is 0.290 e. The van der Waals surface area contributed by atoms with E-state index in [1.807, 2.05) is 65.6 Å². The zero-order valence-corrected chi connectivity index (χ0v) is 15.4. The van der Waals surface area contributed by atoms with Crippen LogP contribution >= 0.6 is 0 Å². The molecule has 0 spiro atoms. The number of furan rings is 1. The van der Waals surface area contributed by atoms with Gasteiger partial charge in [0.05, 0.1) is 6.26 Å². The van der Waals surface area contributed by atoms with E-state index >= 15 is 0 Å². The number of hydrogen-bond acceptors (Lipinski definition) is 4. The zero-order chi connectivity index (χ0) is 18.9. The Hall–Kier alpha value is -3.34. The molecule has 1 fully saturated rings. The molecule has 1 aliphatic heterocycles. The maximum absolute atomic E-state index is 13.0. The topological polar surface area (TPSA) is 59.5 Å². The van der Waals surface area contributed by atoms with Crippen molar-refractivity contribution in [2.24, 2.45) is 0 Å². The molecule has 2 aromatic heterocycles. The summed E-state index contributed by atoms with van der Waals surface area (Å²) in [6.07, 6.45) is 3.25. The summed E-state index contributed by atoms with van der Waals surface area (Å²) in [6, 6.07) is 19.5. The third-order valence-corrected chi connectivity index (χ3v) is 5.39. The summed E-state index contributed by atoms with van der Waals surface area (Å²) >= 11 is 0. The number of carbonyl (C=O) groups excluding carboxylic acids is 1. The molecule has 5 heteroatoms. The second kappa shape index (κ2) is 7.00. The summed E-state index contributed by atoms with van der Waals surface area (Å²) in [5.41, 5.74) is 3.53. The van der Waals surface area contributed by atoms with Crippen molar-refractivity contribution in [3.8, 4) is 11.1 Å². The third kappa shape index (κ3) is 2.99. The number of likely N-dealkylation sites (tertiary alicyclic amines) is 1. The van der Waals surface area contributed by atoms with E-state index in [4.69, 9.17) is 8.83 Å². The van der Waals surface area contributed by atoms with E-state index in [1.54, 1.807) is 6.26 Å². The fourth-order valence-electron chi connectivity index (χ4n) is 3.86. The Balaban J connectivity index is 1.31. The van der Waals surface area contributed by atoms with Crippen molar-refractivity contribution in [3.63, 3.8) is 0 Å². The van der Waals surface area contributed by atoms with Crippen molar-refractivity contribution in [3.05, 3.63) is 78.6 Å². The monoisotopic (exact) mass is 372 g/mol. The minimum absolute atomic E-state index is 0.0557. The molecule has 0 N–H and O–H groups in total. The lowest BCUT2D eigenvalue weighted by Crippen LogP contribution is -2.38. The van der Waals surface area contributed by atoms with Crippen LogP contribution in [-0.4, -0.2) is 28.9 Å². The molecular weight excluding hydrogens is 352 g/mol. The largest absolute Gasteiger partial charge is 0.459 e. The van der Waals surface area contributed by atoms with E-state index in [0.717, 1.165) is 41.0 Å². The molecular formula is C23H20N2O3. The molecule has 0 saturated carbocycles. The van der Waals surface area contributed by atoms with Gasteiger partial charge in [0.15, 0.2) is 17.2 Å². The summed E-state index contributed by atoms with van der Waals surface area (Å²) in [6.45, 7) is 1.33. The Kier molecular flexibility index (Phi) is 4.20. The van der Waals surface area contributed by atoms with Crippen LogP contribution in [0.2, 0.25) is 0 Å². The Labute approximate surface area is 162 Å². The number of piperidine rings is 1. The number of carbonyl (C=O) groups is 1. The van der Waals surface area contributed by atoms with Gasteiger partial charge in [-0.25, -0.2) is 4.98 Å². The van der Waals surface area contributed by atoms with Crippen molar-refractivity contribution in [2.75, 3.05) is 13.1 Å². The van der Waals surface area contributed by atoms with E-state index in [9.17, 15) is 4.79 Å². The molecule has 0 radical (unpaired) electrons. The second-order valence-corrected chi connectivity index (χ2v) is 7.12. The van der Waals surface area contributed by atoms with Gasteiger partial charge in [0.2, 0.25) is 0 Å². The fourth-order valence-corrected chi connectivity index (χ4v) is 3.86. The molecule has 0 unspecified atom stereocenters. The Morgan fingerprint density at radius 3 is 2.50 bits per heavy atom. The average molecular weight is 372 g/mol. The van der Waals surface area contributed by atoms with Gasteiger partial charge in [-0.05, 0) is 36.6 Å². The molecule has 0 aliphatic carbocycles. The predicted octanol–water partition coefficient (Wildman–Crippen LogP) is 5.11. The Morgan fingerprint density at radius 1 is 0.964 bits per heavy atom. The van der Waals surface area contributed by atoms with Gasteiger partial charge in [-0.1, -0.05) is 42.5 Å². The maximum atomic E-state index is 13.0. The van der Waals surface area contributed by atoms with Gasteiger partial charge < -0.3 is 13.7 Å². The SMILES string of the molecule is O=C(c1occc1-c1ccccc1)N1CCC(c2nc3ccccc3o2)CC1. The number of rotatable bonds is 3. The molecule has 1 aliphatic rings. The van der Waals surface area contributed by atoms with Gasteiger partial charge in [-0.15, -0.1) is 0 Å². The van der Waals surface area contributed by atoms with Crippen molar-refractivity contribution in [1.29, 1.82) is 0 Å². The first-order valence-electron chi connectivity index (χ1n) is 9.57. The third-order valence-electron chi connectivity index (χ3n) is 5.39.